The molecule has 1 aromatic heterocycles. The Morgan fingerprint density at radius 3 is 2.73 bits per heavy atom. The lowest BCUT2D eigenvalue weighted by Gasteiger charge is -2.23. The molecular weight excluding hydrogens is 460 g/mol. The Morgan fingerprint density at radius 1 is 1.24 bits per heavy atom. The Bertz CT molecular complexity index is 1220. The number of aromatic nitrogens is 1. The van der Waals surface area contributed by atoms with Crippen molar-refractivity contribution >= 4 is 42.4 Å². The quantitative estimate of drug-likeness (QED) is 0.444. The SMILES string of the molecule is COc1ccc(S(=O)(=O)CCCC(=O)N(CC2CCCO2)c2nc3ccc(C)cc3s2)cc1. The third-order valence-corrected chi connectivity index (χ3v) is 8.55. The van der Waals surface area contributed by atoms with Crippen molar-refractivity contribution in [3.8, 4) is 5.75 Å². The Hall–Kier alpha value is -2.49. The lowest BCUT2D eigenvalue weighted by atomic mass is 10.2. The molecule has 0 saturated carbocycles. The van der Waals surface area contributed by atoms with Crippen LogP contribution in [0.25, 0.3) is 10.2 Å². The Kier molecular flexibility index (Phi) is 7.31. The first-order valence-corrected chi connectivity index (χ1v) is 13.5. The van der Waals surface area contributed by atoms with Crippen molar-refractivity contribution in [3.05, 3.63) is 48.0 Å². The Labute approximate surface area is 198 Å². The van der Waals surface area contributed by atoms with E-state index in [0.29, 0.717) is 24.0 Å². The molecule has 2 aromatic carbocycles. The van der Waals surface area contributed by atoms with E-state index in [1.807, 2.05) is 19.1 Å². The topological polar surface area (TPSA) is 85.8 Å². The molecule has 1 fully saturated rings. The molecule has 0 aliphatic carbocycles. The number of benzene rings is 2. The number of ether oxygens (including phenoxy) is 2. The summed E-state index contributed by atoms with van der Waals surface area (Å²) >= 11 is 1.48. The lowest BCUT2D eigenvalue weighted by Crippen LogP contribution is -2.37. The summed E-state index contributed by atoms with van der Waals surface area (Å²) in [6.07, 6.45) is 2.22. The van der Waals surface area contributed by atoms with Gasteiger partial charge >= 0.3 is 0 Å². The minimum Gasteiger partial charge on any atom is -0.497 e. The van der Waals surface area contributed by atoms with Crippen molar-refractivity contribution < 1.29 is 22.7 Å². The predicted octanol–water partition coefficient (Wildman–Crippen LogP) is 4.38. The van der Waals surface area contributed by atoms with E-state index in [1.54, 1.807) is 17.0 Å². The zero-order valence-corrected chi connectivity index (χ0v) is 20.5. The largest absolute Gasteiger partial charge is 0.497 e. The molecule has 2 heterocycles. The number of thiazole rings is 1. The number of hydrogen-bond acceptors (Lipinski definition) is 7. The smallest absolute Gasteiger partial charge is 0.228 e. The molecule has 1 aliphatic heterocycles. The molecule has 0 radical (unpaired) electrons. The molecule has 9 heteroatoms. The monoisotopic (exact) mass is 488 g/mol. The third-order valence-electron chi connectivity index (χ3n) is 5.70. The lowest BCUT2D eigenvalue weighted by molar-refractivity contribution is -0.119. The third kappa shape index (κ3) is 5.72. The van der Waals surface area contributed by atoms with Crippen LogP contribution >= 0.6 is 11.3 Å². The summed E-state index contributed by atoms with van der Waals surface area (Å²) in [5.41, 5.74) is 1.99. The molecule has 4 rings (SSSR count). The van der Waals surface area contributed by atoms with Gasteiger partial charge in [0.25, 0.3) is 0 Å². The number of fused-ring (bicyclic) bond motifs is 1. The van der Waals surface area contributed by atoms with Crippen LogP contribution in [0.4, 0.5) is 5.13 Å². The van der Waals surface area contributed by atoms with Gasteiger partial charge in [-0.2, -0.15) is 0 Å². The van der Waals surface area contributed by atoms with E-state index in [1.165, 1.54) is 30.6 Å². The summed E-state index contributed by atoms with van der Waals surface area (Å²) in [7, 11) is -1.95. The van der Waals surface area contributed by atoms with Crippen LogP contribution in [0.2, 0.25) is 0 Å². The van der Waals surface area contributed by atoms with Gasteiger partial charge in [0, 0.05) is 13.0 Å². The summed E-state index contributed by atoms with van der Waals surface area (Å²) in [6, 6.07) is 12.3. The number of sulfone groups is 1. The first-order chi connectivity index (χ1) is 15.9. The minimum absolute atomic E-state index is 0.0225. The summed E-state index contributed by atoms with van der Waals surface area (Å²) in [6.45, 7) is 3.16. The highest BCUT2D eigenvalue weighted by molar-refractivity contribution is 7.91. The van der Waals surface area contributed by atoms with Gasteiger partial charge in [-0.05, 0) is 68.1 Å². The summed E-state index contributed by atoms with van der Waals surface area (Å²) < 4.78 is 37.2. The Morgan fingerprint density at radius 2 is 2.03 bits per heavy atom. The van der Waals surface area contributed by atoms with Gasteiger partial charge in [-0.3, -0.25) is 9.69 Å². The number of nitrogens with zero attached hydrogens (tertiary/aromatic N) is 2. The molecule has 0 bridgehead atoms. The van der Waals surface area contributed by atoms with Gasteiger partial charge in [0.15, 0.2) is 15.0 Å². The maximum absolute atomic E-state index is 13.2. The summed E-state index contributed by atoms with van der Waals surface area (Å²) in [5.74, 6) is 0.365. The first-order valence-electron chi connectivity index (χ1n) is 11.0. The number of carbonyl (C=O) groups is 1. The molecule has 1 amide bonds. The number of carbonyl (C=O) groups excluding carboxylic acids is 1. The van der Waals surface area contributed by atoms with E-state index < -0.39 is 9.84 Å². The molecule has 7 nitrogen and oxygen atoms in total. The molecule has 1 unspecified atom stereocenters. The van der Waals surface area contributed by atoms with Crippen LogP contribution in [0, 0.1) is 6.92 Å². The summed E-state index contributed by atoms with van der Waals surface area (Å²) in [5, 5.41) is 0.633. The van der Waals surface area contributed by atoms with Crippen LogP contribution in [0.5, 0.6) is 5.75 Å². The normalized spacial score (nSPS) is 16.2. The second-order valence-corrected chi connectivity index (χ2v) is 11.3. The van der Waals surface area contributed by atoms with Crippen LogP contribution in [-0.2, 0) is 19.4 Å². The highest BCUT2D eigenvalue weighted by Crippen LogP contribution is 2.31. The molecule has 0 N–H and O–H groups in total. The van der Waals surface area contributed by atoms with Gasteiger partial charge in [-0.1, -0.05) is 17.4 Å². The molecular formula is C24H28N2O5S2. The van der Waals surface area contributed by atoms with Gasteiger partial charge in [0.05, 0.1) is 40.6 Å². The van der Waals surface area contributed by atoms with Gasteiger partial charge in [0.1, 0.15) is 5.75 Å². The molecule has 33 heavy (non-hydrogen) atoms. The van der Waals surface area contributed by atoms with Crippen molar-refractivity contribution in [3.63, 3.8) is 0 Å². The number of anilines is 1. The van der Waals surface area contributed by atoms with E-state index >= 15 is 0 Å². The second kappa shape index (κ2) is 10.2. The molecule has 176 valence electrons. The van der Waals surface area contributed by atoms with Gasteiger partial charge < -0.3 is 9.47 Å². The second-order valence-electron chi connectivity index (χ2n) is 8.20. The van der Waals surface area contributed by atoms with Gasteiger partial charge in [0.2, 0.25) is 5.91 Å². The average Bonchev–Trinajstić information content (AvgIpc) is 3.46. The van der Waals surface area contributed by atoms with E-state index in [0.717, 1.165) is 28.6 Å². The highest BCUT2D eigenvalue weighted by Gasteiger charge is 2.26. The number of methoxy groups -OCH3 is 1. The molecule has 1 atom stereocenters. The van der Waals surface area contributed by atoms with Crippen LogP contribution < -0.4 is 9.64 Å². The van der Waals surface area contributed by atoms with Crippen molar-refractivity contribution in [2.45, 2.75) is 43.6 Å². The maximum atomic E-state index is 13.2. The van der Waals surface area contributed by atoms with Crippen LogP contribution in [0.15, 0.2) is 47.4 Å². The van der Waals surface area contributed by atoms with Gasteiger partial charge in [-0.25, -0.2) is 13.4 Å². The fraction of sp³-hybridized carbons (Fsp3) is 0.417. The molecule has 3 aromatic rings. The highest BCUT2D eigenvalue weighted by atomic mass is 32.2. The zero-order valence-electron chi connectivity index (χ0n) is 18.8. The predicted molar refractivity (Wildman–Crippen MR) is 130 cm³/mol. The molecule has 1 saturated heterocycles. The first kappa shape index (κ1) is 23.7. The minimum atomic E-state index is -3.48. The van der Waals surface area contributed by atoms with E-state index in [2.05, 4.69) is 11.1 Å². The van der Waals surface area contributed by atoms with E-state index in [4.69, 9.17) is 9.47 Å². The van der Waals surface area contributed by atoms with Crippen LogP contribution in [0.1, 0.15) is 31.2 Å². The fourth-order valence-corrected chi connectivity index (χ4v) is 6.26. The number of aryl methyl sites for hydroxylation is 1. The average molecular weight is 489 g/mol. The number of amides is 1. The zero-order chi connectivity index (χ0) is 23.4. The fourth-order valence-electron chi connectivity index (χ4n) is 3.86. The summed E-state index contributed by atoms with van der Waals surface area (Å²) in [4.78, 5) is 19.8. The standard InChI is InChI=1S/C24H28N2O5S2/c1-17-7-12-21-22(15-17)32-24(25-21)26(16-19-5-3-13-31-19)23(27)6-4-14-33(28,29)20-10-8-18(30-2)9-11-20/h7-12,15,19H,3-6,13-14,16H2,1-2H3. The van der Waals surface area contributed by atoms with E-state index in [-0.39, 0.29) is 35.5 Å². The van der Waals surface area contributed by atoms with Gasteiger partial charge in [-0.15, -0.1) is 0 Å². The Balaban J connectivity index is 1.46. The van der Waals surface area contributed by atoms with E-state index in [9.17, 15) is 13.2 Å². The van der Waals surface area contributed by atoms with Crippen LogP contribution in [-0.4, -0.2) is 51.4 Å². The maximum Gasteiger partial charge on any atom is 0.228 e. The van der Waals surface area contributed by atoms with Crippen molar-refractivity contribution in [2.24, 2.45) is 0 Å². The van der Waals surface area contributed by atoms with Crippen molar-refractivity contribution in [1.82, 2.24) is 4.98 Å². The number of rotatable bonds is 9. The molecule has 1 aliphatic rings. The number of hydrogen-bond donors (Lipinski definition) is 0. The van der Waals surface area contributed by atoms with Crippen molar-refractivity contribution in [1.29, 1.82) is 0 Å². The van der Waals surface area contributed by atoms with Crippen LogP contribution in [0.3, 0.4) is 0 Å². The van der Waals surface area contributed by atoms with Crippen molar-refractivity contribution in [2.75, 3.05) is 30.9 Å². The molecule has 0 spiro atoms.